The zero-order valence-corrected chi connectivity index (χ0v) is 18.5. The van der Waals surface area contributed by atoms with Crippen LogP contribution in [0.1, 0.15) is 47.0 Å². The molecule has 34 heavy (non-hydrogen) atoms. The van der Waals surface area contributed by atoms with Gasteiger partial charge in [-0.15, -0.1) is 0 Å². The number of nitrogens with one attached hydrogen (secondary N) is 1. The van der Waals surface area contributed by atoms with E-state index in [1.54, 1.807) is 30.3 Å². The molecule has 0 spiro atoms. The quantitative estimate of drug-likeness (QED) is 0.441. The highest BCUT2D eigenvalue weighted by atomic mass is 19.1. The molecular formula is C27H23FN4O2. The topological polar surface area (TPSA) is 79.9 Å². The van der Waals surface area contributed by atoms with E-state index in [4.69, 9.17) is 9.84 Å². The lowest BCUT2D eigenvalue weighted by Crippen LogP contribution is -2.22. The van der Waals surface area contributed by atoms with Gasteiger partial charge in [-0.1, -0.05) is 24.3 Å². The summed E-state index contributed by atoms with van der Waals surface area (Å²) >= 11 is 0. The van der Waals surface area contributed by atoms with Crippen LogP contribution < -0.4 is 5.32 Å². The number of fused-ring (bicyclic) bond motifs is 1. The number of benzene rings is 3. The molecule has 1 fully saturated rings. The second kappa shape index (κ2) is 9.46. The Balaban J connectivity index is 1.47. The molecule has 1 unspecified atom stereocenters. The van der Waals surface area contributed by atoms with Gasteiger partial charge in [0.1, 0.15) is 11.5 Å². The van der Waals surface area contributed by atoms with Crippen LogP contribution in [0.3, 0.4) is 0 Å². The molecule has 1 aromatic heterocycles. The normalized spacial score (nSPS) is 15.7. The summed E-state index contributed by atoms with van der Waals surface area (Å²) in [5.41, 5.74) is 4.23. The summed E-state index contributed by atoms with van der Waals surface area (Å²) in [4.78, 5) is 12.8. The summed E-state index contributed by atoms with van der Waals surface area (Å²) in [6.45, 7) is 0.993. The maximum absolute atomic E-state index is 13.1. The second-order valence-electron chi connectivity index (χ2n) is 8.35. The predicted octanol–water partition coefficient (Wildman–Crippen LogP) is 5.34. The van der Waals surface area contributed by atoms with Crippen LogP contribution in [0.15, 0.2) is 66.7 Å². The lowest BCUT2D eigenvalue weighted by atomic mass is 10.0. The van der Waals surface area contributed by atoms with E-state index < -0.39 is 0 Å². The van der Waals surface area contributed by atoms with Crippen molar-refractivity contribution in [2.24, 2.45) is 0 Å². The van der Waals surface area contributed by atoms with Crippen molar-refractivity contribution in [1.29, 1.82) is 5.26 Å². The van der Waals surface area contributed by atoms with Crippen molar-refractivity contribution >= 4 is 16.8 Å². The molecule has 1 aliphatic heterocycles. The number of rotatable bonds is 5. The molecule has 7 heteroatoms. The van der Waals surface area contributed by atoms with Gasteiger partial charge in [0.25, 0.3) is 5.91 Å². The van der Waals surface area contributed by atoms with E-state index in [9.17, 15) is 14.4 Å². The Morgan fingerprint density at radius 2 is 2.00 bits per heavy atom. The summed E-state index contributed by atoms with van der Waals surface area (Å²) in [6, 6.07) is 21.0. The van der Waals surface area contributed by atoms with E-state index >= 15 is 0 Å². The fourth-order valence-electron chi connectivity index (χ4n) is 4.25. The Morgan fingerprint density at radius 1 is 1.15 bits per heavy atom. The molecule has 0 aliphatic carbocycles. The van der Waals surface area contributed by atoms with Gasteiger partial charge in [-0.2, -0.15) is 10.4 Å². The fourth-order valence-corrected chi connectivity index (χ4v) is 4.25. The smallest absolute Gasteiger partial charge is 0.251 e. The molecule has 1 amide bonds. The lowest BCUT2D eigenvalue weighted by molar-refractivity contribution is -0.0365. The lowest BCUT2D eigenvalue weighted by Gasteiger charge is -2.23. The first-order chi connectivity index (χ1) is 16.6. The van der Waals surface area contributed by atoms with Crippen LogP contribution in [0, 0.1) is 17.1 Å². The predicted molar refractivity (Wildman–Crippen MR) is 126 cm³/mol. The van der Waals surface area contributed by atoms with Crippen LogP contribution in [0.25, 0.3) is 22.2 Å². The molecule has 170 valence electrons. The van der Waals surface area contributed by atoms with Crippen molar-refractivity contribution in [2.75, 3.05) is 6.61 Å². The van der Waals surface area contributed by atoms with Crippen LogP contribution in [0.2, 0.25) is 0 Å². The highest BCUT2D eigenvalue weighted by Crippen LogP contribution is 2.33. The Labute approximate surface area is 196 Å². The van der Waals surface area contributed by atoms with Crippen LogP contribution in [-0.2, 0) is 11.3 Å². The Hall–Kier alpha value is -4.02. The zero-order valence-electron chi connectivity index (χ0n) is 18.5. The molecule has 5 rings (SSSR count). The number of halogens is 1. The number of nitrogens with zero attached hydrogens (tertiary/aromatic N) is 3. The Bertz CT molecular complexity index is 1380. The van der Waals surface area contributed by atoms with Gasteiger partial charge in [-0.3, -0.25) is 4.79 Å². The highest BCUT2D eigenvalue weighted by molar-refractivity contribution is 5.98. The highest BCUT2D eigenvalue weighted by Gasteiger charge is 2.22. The number of ether oxygens (including phenoxy) is 1. The minimum absolute atomic E-state index is 0.153. The molecule has 1 saturated heterocycles. The van der Waals surface area contributed by atoms with Crippen molar-refractivity contribution < 1.29 is 13.9 Å². The Kier molecular flexibility index (Phi) is 6.07. The van der Waals surface area contributed by atoms with E-state index in [2.05, 4.69) is 11.4 Å². The van der Waals surface area contributed by atoms with Crippen molar-refractivity contribution in [3.05, 3.63) is 89.2 Å². The molecule has 6 nitrogen and oxygen atoms in total. The number of nitriles is 1. The second-order valence-corrected chi connectivity index (χ2v) is 8.35. The van der Waals surface area contributed by atoms with Gasteiger partial charge in [0.2, 0.25) is 0 Å². The van der Waals surface area contributed by atoms with E-state index in [1.807, 2.05) is 28.9 Å². The number of carbonyl (C=O) groups is 1. The minimum atomic E-state index is -0.312. The van der Waals surface area contributed by atoms with Gasteiger partial charge in [-0.05, 0) is 67.3 Å². The van der Waals surface area contributed by atoms with Crippen molar-refractivity contribution in [2.45, 2.75) is 32.0 Å². The van der Waals surface area contributed by atoms with E-state index in [0.717, 1.165) is 41.3 Å². The van der Waals surface area contributed by atoms with Gasteiger partial charge < -0.3 is 10.1 Å². The van der Waals surface area contributed by atoms with Crippen LogP contribution in [0.5, 0.6) is 0 Å². The van der Waals surface area contributed by atoms with E-state index in [0.29, 0.717) is 30.0 Å². The summed E-state index contributed by atoms with van der Waals surface area (Å²) in [5.74, 6) is -0.545. The third kappa shape index (κ3) is 4.41. The number of carbonyl (C=O) groups excluding carboxylic acids is 1. The maximum atomic E-state index is 13.1. The molecule has 0 radical (unpaired) electrons. The zero-order chi connectivity index (χ0) is 23.5. The van der Waals surface area contributed by atoms with Crippen molar-refractivity contribution in [1.82, 2.24) is 15.1 Å². The molecule has 1 aliphatic rings. The molecular weight excluding hydrogens is 431 g/mol. The van der Waals surface area contributed by atoms with Crippen LogP contribution in [-0.4, -0.2) is 22.3 Å². The van der Waals surface area contributed by atoms with Gasteiger partial charge >= 0.3 is 0 Å². The number of hydrogen-bond acceptors (Lipinski definition) is 4. The first-order valence-electron chi connectivity index (χ1n) is 11.3. The van der Waals surface area contributed by atoms with Gasteiger partial charge in [0.05, 0.1) is 17.1 Å². The minimum Gasteiger partial charge on any atom is -0.356 e. The molecule has 0 saturated carbocycles. The largest absolute Gasteiger partial charge is 0.356 e. The molecule has 3 aromatic carbocycles. The van der Waals surface area contributed by atoms with E-state index in [1.165, 1.54) is 12.1 Å². The standard InChI is InChI=1S/C27H23FN4O2/c28-22-10-7-18(8-11-22)17-30-27(33)21-5-3-4-20(15-21)26-23-14-19(16-29)9-12-24(23)32(31-26)25-6-1-2-13-34-25/h3-5,7-12,14-15,25H,1-2,6,13,17H2,(H,30,33). The summed E-state index contributed by atoms with van der Waals surface area (Å²) in [6.07, 6.45) is 2.83. The van der Waals surface area contributed by atoms with Crippen LogP contribution >= 0.6 is 0 Å². The fraction of sp³-hybridized carbons (Fsp3) is 0.222. The van der Waals surface area contributed by atoms with Gasteiger partial charge in [0, 0.05) is 29.7 Å². The summed E-state index contributed by atoms with van der Waals surface area (Å²) in [5, 5.41) is 18.0. The van der Waals surface area contributed by atoms with Crippen molar-refractivity contribution in [3.8, 4) is 17.3 Å². The summed E-state index contributed by atoms with van der Waals surface area (Å²) < 4.78 is 21.0. The SMILES string of the molecule is N#Cc1ccc2c(c1)c(-c1cccc(C(=O)NCc3ccc(F)cc3)c1)nn2C1CCCCO1. The maximum Gasteiger partial charge on any atom is 0.251 e. The first kappa shape index (κ1) is 21.8. The Morgan fingerprint density at radius 3 is 2.76 bits per heavy atom. The molecule has 1 atom stereocenters. The van der Waals surface area contributed by atoms with E-state index in [-0.39, 0.29) is 18.0 Å². The van der Waals surface area contributed by atoms with Gasteiger partial charge in [-0.25, -0.2) is 9.07 Å². The third-order valence-corrected chi connectivity index (χ3v) is 6.03. The monoisotopic (exact) mass is 454 g/mol. The number of amides is 1. The molecule has 0 bridgehead atoms. The average molecular weight is 455 g/mol. The van der Waals surface area contributed by atoms with Crippen LogP contribution in [0.4, 0.5) is 4.39 Å². The third-order valence-electron chi connectivity index (χ3n) is 6.03. The molecule has 1 N–H and O–H groups in total. The number of aromatic nitrogens is 2. The summed E-state index contributed by atoms with van der Waals surface area (Å²) in [7, 11) is 0. The molecule has 2 heterocycles. The van der Waals surface area contributed by atoms with Gasteiger partial charge in [0.15, 0.2) is 6.23 Å². The molecule has 4 aromatic rings. The number of hydrogen-bond donors (Lipinski definition) is 1. The van der Waals surface area contributed by atoms with Crippen molar-refractivity contribution in [3.63, 3.8) is 0 Å². The average Bonchev–Trinajstić information content (AvgIpc) is 3.27. The first-order valence-corrected chi connectivity index (χ1v) is 11.3.